The summed E-state index contributed by atoms with van der Waals surface area (Å²) >= 11 is 7.70. The van der Waals surface area contributed by atoms with Crippen molar-refractivity contribution in [2.24, 2.45) is 0 Å². The predicted octanol–water partition coefficient (Wildman–Crippen LogP) is 5.79. The Bertz CT molecular complexity index is 1100. The average Bonchev–Trinajstić information content (AvgIpc) is 3.06. The van der Waals surface area contributed by atoms with Gasteiger partial charge in [-0.3, -0.25) is 14.5 Å². The first-order valence-corrected chi connectivity index (χ1v) is 12.3. The van der Waals surface area contributed by atoms with Gasteiger partial charge in [0.1, 0.15) is 12.6 Å². The van der Waals surface area contributed by atoms with Crippen LogP contribution in [0.2, 0.25) is 0 Å². The second-order valence-corrected chi connectivity index (χ2v) is 9.69. The van der Waals surface area contributed by atoms with Crippen molar-refractivity contribution in [1.29, 1.82) is 0 Å². The van der Waals surface area contributed by atoms with Crippen molar-refractivity contribution in [2.75, 3.05) is 13.7 Å². The number of rotatable bonds is 8. The zero-order valence-electron chi connectivity index (χ0n) is 18.1. The molecule has 0 aromatic heterocycles. The molecule has 0 unspecified atom stereocenters. The lowest BCUT2D eigenvalue weighted by Crippen LogP contribution is -2.42. The van der Waals surface area contributed by atoms with E-state index in [1.807, 2.05) is 31.2 Å². The number of amides is 2. The van der Waals surface area contributed by atoms with Gasteiger partial charge in [-0.1, -0.05) is 28.1 Å². The molecule has 2 aromatic carbocycles. The second kappa shape index (κ2) is 11.2. The van der Waals surface area contributed by atoms with Gasteiger partial charge < -0.3 is 14.2 Å². The molecule has 0 radical (unpaired) electrons. The molecular formula is C23H21Br2NO6S. The van der Waals surface area contributed by atoms with E-state index in [9.17, 15) is 14.4 Å². The smallest absolute Gasteiger partial charge is 0.328 e. The van der Waals surface area contributed by atoms with E-state index >= 15 is 0 Å². The van der Waals surface area contributed by atoms with E-state index in [4.69, 9.17) is 9.47 Å². The lowest BCUT2D eigenvalue weighted by atomic mass is 10.1. The maximum Gasteiger partial charge on any atom is 0.328 e. The van der Waals surface area contributed by atoms with E-state index in [2.05, 4.69) is 36.6 Å². The summed E-state index contributed by atoms with van der Waals surface area (Å²) in [4.78, 5) is 38.0. The predicted molar refractivity (Wildman–Crippen MR) is 133 cm³/mol. The molecule has 1 atom stereocenters. The molecule has 1 aliphatic rings. The van der Waals surface area contributed by atoms with Crippen molar-refractivity contribution in [3.63, 3.8) is 0 Å². The van der Waals surface area contributed by atoms with Crippen molar-refractivity contribution in [3.05, 3.63) is 61.4 Å². The lowest BCUT2D eigenvalue weighted by molar-refractivity contribution is -0.148. The number of hydrogen-bond acceptors (Lipinski definition) is 7. The summed E-state index contributed by atoms with van der Waals surface area (Å²) in [5.74, 6) is -0.179. The Hall–Kier alpha value is -2.30. The number of halogens is 2. The van der Waals surface area contributed by atoms with Gasteiger partial charge in [0.25, 0.3) is 11.1 Å². The van der Waals surface area contributed by atoms with Gasteiger partial charge in [-0.15, -0.1) is 0 Å². The Balaban J connectivity index is 1.86. The number of ether oxygens (including phenoxy) is 3. The summed E-state index contributed by atoms with van der Waals surface area (Å²) < 4.78 is 18.0. The summed E-state index contributed by atoms with van der Waals surface area (Å²) in [5.41, 5.74) is 1.63. The zero-order chi connectivity index (χ0) is 24.1. The summed E-state index contributed by atoms with van der Waals surface area (Å²) in [6.45, 7) is 4.07. The molecule has 0 bridgehead atoms. The molecule has 2 aromatic rings. The third-order valence-corrected chi connectivity index (χ3v) is 6.68. The highest BCUT2D eigenvalue weighted by Crippen LogP contribution is 2.40. The fraction of sp³-hybridized carbons (Fsp3) is 0.261. The fourth-order valence-corrected chi connectivity index (χ4v) is 4.80. The Morgan fingerprint density at radius 2 is 1.85 bits per heavy atom. The van der Waals surface area contributed by atoms with E-state index < -0.39 is 23.2 Å². The van der Waals surface area contributed by atoms with E-state index in [0.717, 1.165) is 26.7 Å². The van der Waals surface area contributed by atoms with Crippen molar-refractivity contribution in [1.82, 2.24) is 4.90 Å². The normalized spacial score (nSPS) is 15.7. The minimum atomic E-state index is -1.01. The standard InChI is InChI=1S/C23H21Br2NO6S/c1-4-31-18-10-15(9-17(25)20(18)32-12-14-5-7-16(24)8-6-14)11-19-21(27)26(23(29)33-19)13(2)22(28)30-3/h5-11,13H,4,12H2,1-3H3/b19-11+/t13-/m0/s1. The monoisotopic (exact) mass is 597 g/mol. The molecule has 7 nitrogen and oxygen atoms in total. The van der Waals surface area contributed by atoms with Crippen molar-refractivity contribution in [3.8, 4) is 11.5 Å². The molecule has 2 amide bonds. The molecular weight excluding hydrogens is 578 g/mol. The van der Waals surface area contributed by atoms with E-state index in [0.29, 0.717) is 34.7 Å². The molecule has 1 fully saturated rings. The van der Waals surface area contributed by atoms with Gasteiger partial charge >= 0.3 is 5.97 Å². The third kappa shape index (κ3) is 5.99. The van der Waals surface area contributed by atoms with E-state index in [1.54, 1.807) is 18.2 Å². The fourth-order valence-electron chi connectivity index (χ4n) is 3.05. The molecule has 0 saturated carbocycles. The summed E-state index contributed by atoms with van der Waals surface area (Å²) in [6, 6.07) is 10.3. The van der Waals surface area contributed by atoms with Crippen LogP contribution in [0.4, 0.5) is 4.79 Å². The van der Waals surface area contributed by atoms with Gasteiger partial charge in [0, 0.05) is 4.47 Å². The number of benzene rings is 2. The quantitative estimate of drug-likeness (QED) is 0.281. The van der Waals surface area contributed by atoms with Crippen molar-refractivity contribution < 1.29 is 28.6 Å². The highest BCUT2D eigenvalue weighted by molar-refractivity contribution is 9.10. The van der Waals surface area contributed by atoms with Gasteiger partial charge in [-0.2, -0.15) is 0 Å². The van der Waals surface area contributed by atoms with Crippen LogP contribution in [-0.2, 0) is 20.9 Å². The minimum absolute atomic E-state index is 0.202. The molecule has 10 heteroatoms. The highest BCUT2D eigenvalue weighted by atomic mass is 79.9. The van der Waals surface area contributed by atoms with Gasteiger partial charge in [-0.25, -0.2) is 4.79 Å². The molecule has 0 N–H and O–H groups in total. The number of hydrogen-bond donors (Lipinski definition) is 0. The Morgan fingerprint density at radius 3 is 2.48 bits per heavy atom. The molecule has 0 aliphatic carbocycles. The number of esters is 1. The van der Waals surface area contributed by atoms with Crippen LogP contribution in [0.25, 0.3) is 6.08 Å². The van der Waals surface area contributed by atoms with Gasteiger partial charge in [0.15, 0.2) is 11.5 Å². The van der Waals surface area contributed by atoms with Crippen LogP contribution in [0.3, 0.4) is 0 Å². The number of nitrogens with zero attached hydrogens (tertiary/aromatic N) is 1. The van der Waals surface area contributed by atoms with Crippen LogP contribution in [0, 0.1) is 0 Å². The SMILES string of the molecule is CCOc1cc(/C=C2/SC(=O)N([C@@H](C)C(=O)OC)C2=O)cc(Br)c1OCc1ccc(Br)cc1. The molecule has 174 valence electrons. The van der Waals surface area contributed by atoms with Gasteiger partial charge in [0.05, 0.1) is 23.1 Å². The summed E-state index contributed by atoms with van der Waals surface area (Å²) in [5, 5.41) is -0.525. The van der Waals surface area contributed by atoms with Crippen LogP contribution in [0.1, 0.15) is 25.0 Å². The third-order valence-electron chi connectivity index (χ3n) is 4.68. The van der Waals surface area contributed by atoms with Crippen molar-refractivity contribution >= 4 is 66.8 Å². The van der Waals surface area contributed by atoms with Crippen LogP contribution >= 0.6 is 43.6 Å². The van der Waals surface area contributed by atoms with E-state index in [-0.39, 0.29) is 4.91 Å². The first-order valence-electron chi connectivity index (χ1n) is 9.93. The molecule has 1 heterocycles. The topological polar surface area (TPSA) is 82.1 Å². The lowest BCUT2D eigenvalue weighted by Gasteiger charge is -2.18. The maximum atomic E-state index is 12.8. The molecule has 1 aliphatic heterocycles. The number of imide groups is 1. The first kappa shape index (κ1) is 25.3. The van der Waals surface area contributed by atoms with Gasteiger partial charge in [0.2, 0.25) is 0 Å². The molecule has 33 heavy (non-hydrogen) atoms. The average molecular weight is 599 g/mol. The summed E-state index contributed by atoms with van der Waals surface area (Å²) in [7, 11) is 1.21. The van der Waals surface area contributed by atoms with Crippen LogP contribution < -0.4 is 9.47 Å². The first-order chi connectivity index (χ1) is 15.7. The van der Waals surface area contributed by atoms with Crippen molar-refractivity contribution in [2.45, 2.75) is 26.5 Å². The molecule has 0 spiro atoms. The minimum Gasteiger partial charge on any atom is -0.490 e. The second-order valence-electron chi connectivity index (χ2n) is 6.93. The van der Waals surface area contributed by atoms with E-state index in [1.165, 1.54) is 14.0 Å². The Labute approximate surface area is 212 Å². The number of methoxy groups -OCH3 is 1. The Kier molecular flexibility index (Phi) is 8.61. The van der Waals surface area contributed by atoms with Crippen LogP contribution in [0.15, 0.2) is 50.2 Å². The van der Waals surface area contributed by atoms with Crippen LogP contribution in [0.5, 0.6) is 11.5 Å². The maximum absolute atomic E-state index is 12.8. The summed E-state index contributed by atoms with van der Waals surface area (Å²) in [6.07, 6.45) is 1.58. The molecule has 1 saturated heterocycles. The molecule has 3 rings (SSSR count). The number of carbonyl (C=O) groups excluding carboxylic acids is 3. The number of thioether (sulfide) groups is 1. The Morgan fingerprint density at radius 1 is 1.15 bits per heavy atom. The number of carbonyl (C=O) groups is 3. The van der Waals surface area contributed by atoms with Gasteiger partial charge in [-0.05, 0) is 83.0 Å². The largest absolute Gasteiger partial charge is 0.490 e. The zero-order valence-corrected chi connectivity index (χ0v) is 22.1. The van der Waals surface area contributed by atoms with Crippen LogP contribution in [-0.4, -0.2) is 41.8 Å². The highest BCUT2D eigenvalue weighted by Gasteiger charge is 2.41.